The van der Waals surface area contributed by atoms with Crippen LogP contribution in [0.1, 0.15) is 38.6 Å². The molecule has 3 rings (SSSR count). The number of H-pyrrole nitrogens is 1. The lowest BCUT2D eigenvalue weighted by Crippen LogP contribution is -2.45. The number of nitrogens with one attached hydrogen (secondary N) is 2. The summed E-state index contributed by atoms with van der Waals surface area (Å²) in [5.41, 5.74) is 1.93. The molecule has 0 aliphatic carbocycles. The Morgan fingerprint density at radius 3 is 2.81 bits per heavy atom. The summed E-state index contributed by atoms with van der Waals surface area (Å²) >= 11 is 0. The van der Waals surface area contributed by atoms with E-state index in [1.54, 1.807) is 0 Å². The Hall–Kier alpha value is -2.04. The van der Waals surface area contributed by atoms with E-state index in [1.807, 2.05) is 36.1 Å². The molecule has 5 nitrogen and oxygen atoms in total. The third-order valence-electron chi connectivity index (χ3n) is 4.23. The topological polar surface area (TPSA) is 61.0 Å². The quantitative estimate of drug-likeness (QED) is 0.891. The van der Waals surface area contributed by atoms with Crippen LogP contribution in [-0.4, -0.2) is 34.0 Å². The molecule has 112 valence electrons. The maximum absolute atomic E-state index is 12.3. The largest absolute Gasteiger partial charge is 0.340 e. The standard InChI is InChI=1S/C16H22N4O/c1-11-7-9-20(10-8-11)16(21)17-12(2)15-18-13-5-3-4-6-14(13)19-15/h3-6,11-12H,7-10H2,1-2H3,(H,17,21)(H,18,19). The molecule has 1 fully saturated rings. The van der Waals surface area contributed by atoms with Crippen LogP contribution in [0.25, 0.3) is 11.0 Å². The zero-order valence-corrected chi connectivity index (χ0v) is 12.6. The average molecular weight is 286 g/mol. The van der Waals surface area contributed by atoms with Crippen molar-refractivity contribution in [2.24, 2.45) is 5.92 Å². The lowest BCUT2D eigenvalue weighted by molar-refractivity contribution is 0.171. The van der Waals surface area contributed by atoms with Gasteiger partial charge in [0.15, 0.2) is 0 Å². The van der Waals surface area contributed by atoms with Gasteiger partial charge in [0, 0.05) is 13.1 Å². The number of carbonyl (C=O) groups is 1. The maximum atomic E-state index is 12.3. The van der Waals surface area contributed by atoms with Crippen molar-refractivity contribution in [2.75, 3.05) is 13.1 Å². The van der Waals surface area contributed by atoms with E-state index in [4.69, 9.17) is 0 Å². The molecule has 2 aromatic rings. The number of piperidine rings is 1. The monoisotopic (exact) mass is 286 g/mol. The van der Waals surface area contributed by atoms with E-state index in [0.717, 1.165) is 48.7 Å². The molecule has 0 saturated carbocycles. The van der Waals surface area contributed by atoms with Gasteiger partial charge in [-0.05, 0) is 37.8 Å². The number of aromatic nitrogens is 2. The Morgan fingerprint density at radius 2 is 2.10 bits per heavy atom. The smallest absolute Gasteiger partial charge is 0.317 e. The van der Waals surface area contributed by atoms with E-state index in [9.17, 15) is 4.79 Å². The zero-order chi connectivity index (χ0) is 14.8. The van der Waals surface area contributed by atoms with Crippen molar-refractivity contribution in [3.63, 3.8) is 0 Å². The highest BCUT2D eigenvalue weighted by molar-refractivity contribution is 5.76. The first kappa shape index (κ1) is 13.9. The third kappa shape index (κ3) is 3.01. The number of aromatic amines is 1. The number of amides is 2. The Labute approximate surface area is 124 Å². The van der Waals surface area contributed by atoms with Crippen LogP contribution in [-0.2, 0) is 0 Å². The van der Waals surface area contributed by atoms with Crippen LogP contribution in [0.15, 0.2) is 24.3 Å². The van der Waals surface area contributed by atoms with Gasteiger partial charge in [-0.3, -0.25) is 0 Å². The van der Waals surface area contributed by atoms with E-state index < -0.39 is 0 Å². The second-order valence-corrected chi connectivity index (χ2v) is 5.98. The number of hydrogen-bond acceptors (Lipinski definition) is 2. The predicted octanol–water partition coefficient (Wildman–Crippen LogP) is 3.07. The number of carbonyl (C=O) groups excluding carboxylic acids is 1. The third-order valence-corrected chi connectivity index (χ3v) is 4.23. The second kappa shape index (κ2) is 5.76. The molecule has 1 atom stereocenters. The molecule has 5 heteroatoms. The van der Waals surface area contributed by atoms with Gasteiger partial charge in [-0.1, -0.05) is 19.1 Å². The highest BCUT2D eigenvalue weighted by Gasteiger charge is 2.22. The van der Waals surface area contributed by atoms with Gasteiger partial charge in [-0.25, -0.2) is 9.78 Å². The van der Waals surface area contributed by atoms with Gasteiger partial charge in [-0.2, -0.15) is 0 Å². The van der Waals surface area contributed by atoms with E-state index >= 15 is 0 Å². The van der Waals surface area contributed by atoms with Gasteiger partial charge in [0.25, 0.3) is 0 Å². The SMILES string of the molecule is CC1CCN(C(=O)NC(C)c2nc3ccccc3[nH]2)CC1. The van der Waals surface area contributed by atoms with Gasteiger partial charge < -0.3 is 15.2 Å². The summed E-state index contributed by atoms with van der Waals surface area (Å²) in [6.07, 6.45) is 2.18. The number of hydrogen-bond donors (Lipinski definition) is 2. The van der Waals surface area contributed by atoms with Crippen molar-refractivity contribution in [1.29, 1.82) is 0 Å². The molecule has 2 amide bonds. The number of benzene rings is 1. The van der Waals surface area contributed by atoms with Crippen LogP contribution in [0.5, 0.6) is 0 Å². The van der Waals surface area contributed by atoms with Gasteiger partial charge in [0.1, 0.15) is 5.82 Å². The van der Waals surface area contributed by atoms with Crippen molar-refractivity contribution in [3.8, 4) is 0 Å². The summed E-state index contributed by atoms with van der Waals surface area (Å²) in [6.45, 7) is 5.90. The number of likely N-dealkylation sites (tertiary alicyclic amines) is 1. The van der Waals surface area contributed by atoms with E-state index in [2.05, 4.69) is 22.2 Å². The lowest BCUT2D eigenvalue weighted by Gasteiger charge is -2.31. The predicted molar refractivity (Wildman–Crippen MR) is 83.0 cm³/mol. The minimum absolute atomic E-state index is 0.00913. The first-order chi connectivity index (χ1) is 10.1. The first-order valence-electron chi connectivity index (χ1n) is 7.63. The number of rotatable bonds is 2. The Kier molecular flexibility index (Phi) is 3.82. The molecule has 1 aliphatic rings. The fourth-order valence-electron chi connectivity index (χ4n) is 2.73. The summed E-state index contributed by atoms with van der Waals surface area (Å²) in [6, 6.07) is 7.79. The molecule has 1 aromatic carbocycles. The first-order valence-corrected chi connectivity index (χ1v) is 7.63. The van der Waals surface area contributed by atoms with Crippen molar-refractivity contribution >= 4 is 17.1 Å². The average Bonchev–Trinajstić information content (AvgIpc) is 2.92. The summed E-state index contributed by atoms with van der Waals surface area (Å²) < 4.78 is 0. The van der Waals surface area contributed by atoms with Crippen molar-refractivity contribution < 1.29 is 4.79 Å². The van der Waals surface area contributed by atoms with Gasteiger partial charge in [-0.15, -0.1) is 0 Å². The minimum Gasteiger partial charge on any atom is -0.340 e. The number of fused-ring (bicyclic) bond motifs is 1. The van der Waals surface area contributed by atoms with Crippen LogP contribution >= 0.6 is 0 Å². The molecule has 1 aromatic heterocycles. The summed E-state index contributed by atoms with van der Waals surface area (Å²) in [5, 5.41) is 3.03. The van der Waals surface area contributed by atoms with Crippen LogP contribution in [0.3, 0.4) is 0 Å². The highest BCUT2D eigenvalue weighted by Crippen LogP contribution is 2.18. The Balaban J connectivity index is 1.65. The van der Waals surface area contributed by atoms with E-state index in [1.165, 1.54) is 0 Å². The van der Waals surface area contributed by atoms with E-state index in [-0.39, 0.29) is 12.1 Å². The van der Waals surface area contributed by atoms with Gasteiger partial charge >= 0.3 is 6.03 Å². The highest BCUT2D eigenvalue weighted by atomic mass is 16.2. The van der Waals surface area contributed by atoms with Crippen molar-refractivity contribution in [3.05, 3.63) is 30.1 Å². The molecular formula is C16H22N4O. The number of urea groups is 1. The van der Waals surface area contributed by atoms with Gasteiger partial charge in [0.2, 0.25) is 0 Å². The number of para-hydroxylation sites is 2. The number of imidazole rings is 1. The second-order valence-electron chi connectivity index (χ2n) is 5.98. The molecule has 1 saturated heterocycles. The van der Waals surface area contributed by atoms with Crippen LogP contribution in [0.2, 0.25) is 0 Å². The summed E-state index contributed by atoms with van der Waals surface area (Å²) in [4.78, 5) is 22.0. The Bertz CT molecular complexity index is 595. The molecule has 2 heterocycles. The molecule has 1 aliphatic heterocycles. The summed E-state index contributed by atoms with van der Waals surface area (Å²) in [7, 11) is 0. The fraction of sp³-hybridized carbons (Fsp3) is 0.500. The molecule has 0 bridgehead atoms. The molecule has 0 radical (unpaired) electrons. The normalized spacial score (nSPS) is 17.9. The maximum Gasteiger partial charge on any atom is 0.317 e. The van der Waals surface area contributed by atoms with Gasteiger partial charge in [0.05, 0.1) is 17.1 Å². The summed E-state index contributed by atoms with van der Waals surface area (Å²) in [5.74, 6) is 1.52. The van der Waals surface area contributed by atoms with Crippen molar-refractivity contribution in [2.45, 2.75) is 32.7 Å². The minimum atomic E-state index is -0.121. The molecule has 2 N–H and O–H groups in total. The van der Waals surface area contributed by atoms with Crippen molar-refractivity contribution in [1.82, 2.24) is 20.2 Å². The van der Waals surface area contributed by atoms with Crippen LogP contribution in [0.4, 0.5) is 4.79 Å². The number of nitrogens with zero attached hydrogens (tertiary/aromatic N) is 2. The molecule has 1 unspecified atom stereocenters. The van der Waals surface area contributed by atoms with Crippen LogP contribution < -0.4 is 5.32 Å². The van der Waals surface area contributed by atoms with E-state index in [0.29, 0.717) is 0 Å². The molecule has 21 heavy (non-hydrogen) atoms. The fourth-order valence-corrected chi connectivity index (χ4v) is 2.73. The van der Waals surface area contributed by atoms with Crippen LogP contribution in [0, 0.1) is 5.92 Å². The Morgan fingerprint density at radius 1 is 1.38 bits per heavy atom. The lowest BCUT2D eigenvalue weighted by atomic mass is 10.00. The zero-order valence-electron chi connectivity index (χ0n) is 12.6. The molecule has 0 spiro atoms. The molecular weight excluding hydrogens is 264 g/mol.